The quantitative estimate of drug-likeness (QED) is 0.623. The first-order valence-corrected chi connectivity index (χ1v) is 7.38. The summed E-state index contributed by atoms with van der Waals surface area (Å²) in [7, 11) is 1.50. The number of rotatable bonds is 2. The molecule has 0 bridgehead atoms. The van der Waals surface area contributed by atoms with Crippen molar-refractivity contribution < 1.29 is 8.42 Å². The summed E-state index contributed by atoms with van der Waals surface area (Å²) in [4.78, 5) is 0.0279. The molecule has 15 heavy (non-hydrogen) atoms. The second kappa shape index (κ2) is 4.52. The van der Waals surface area contributed by atoms with Gasteiger partial charge in [0.05, 0.1) is 16.5 Å². The molecular weight excluding hydrogens is 302 g/mol. The predicted molar refractivity (Wildman–Crippen MR) is 61.6 cm³/mol. The number of benzene rings is 1. The van der Waals surface area contributed by atoms with Crippen molar-refractivity contribution in [1.82, 2.24) is 0 Å². The zero-order valence-electron chi connectivity index (χ0n) is 7.79. The summed E-state index contributed by atoms with van der Waals surface area (Å²) in [5, 5.41) is 9.10. The summed E-state index contributed by atoms with van der Waals surface area (Å²) >= 11 is 3.15. The van der Waals surface area contributed by atoms with E-state index in [2.05, 4.69) is 15.9 Å². The molecule has 0 fully saturated rings. The van der Waals surface area contributed by atoms with Gasteiger partial charge in [-0.2, -0.15) is 5.26 Å². The fourth-order valence-electron chi connectivity index (χ4n) is 1.32. The molecule has 0 amide bonds. The van der Waals surface area contributed by atoms with Gasteiger partial charge in [0.25, 0.3) is 9.05 Å². The largest absolute Gasteiger partial charge is 0.261 e. The highest BCUT2D eigenvalue weighted by Gasteiger charge is 2.20. The van der Waals surface area contributed by atoms with Crippen LogP contribution in [-0.4, -0.2) is 8.42 Å². The monoisotopic (exact) mass is 307 g/mol. The first-order chi connectivity index (χ1) is 6.91. The molecule has 80 valence electrons. The number of alkyl halides is 1. The minimum Gasteiger partial charge on any atom is -0.207 e. The van der Waals surface area contributed by atoms with Crippen LogP contribution >= 0.6 is 26.6 Å². The van der Waals surface area contributed by atoms with E-state index in [-0.39, 0.29) is 10.2 Å². The van der Waals surface area contributed by atoms with Crippen LogP contribution in [0.3, 0.4) is 0 Å². The molecule has 0 saturated heterocycles. The van der Waals surface area contributed by atoms with E-state index in [4.69, 9.17) is 15.9 Å². The van der Waals surface area contributed by atoms with Gasteiger partial charge in [-0.15, -0.1) is 0 Å². The third-order valence-corrected chi connectivity index (χ3v) is 4.03. The third kappa shape index (κ3) is 2.51. The lowest BCUT2D eigenvalue weighted by atomic mass is 10.1. The fraction of sp³-hybridized carbons (Fsp3) is 0.222. The van der Waals surface area contributed by atoms with Gasteiger partial charge in [-0.1, -0.05) is 22.0 Å². The van der Waals surface area contributed by atoms with E-state index in [9.17, 15) is 8.42 Å². The number of nitriles is 1. The number of aryl methyl sites for hydroxylation is 1. The minimum atomic E-state index is -3.82. The summed E-state index contributed by atoms with van der Waals surface area (Å²) in [6.07, 6.45) is 0. The van der Waals surface area contributed by atoms with Gasteiger partial charge in [0.2, 0.25) is 0 Å². The number of hydrogen-bond donors (Lipinski definition) is 0. The molecule has 1 aromatic carbocycles. The van der Waals surface area contributed by atoms with Crippen LogP contribution in [0, 0.1) is 18.3 Å². The lowest BCUT2D eigenvalue weighted by molar-refractivity contribution is 0.608. The van der Waals surface area contributed by atoms with Crippen LogP contribution in [0.4, 0.5) is 0 Å². The van der Waals surface area contributed by atoms with E-state index < -0.39 is 9.05 Å². The van der Waals surface area contributed by atoms with Crippen LogP contribution in [0.25, 0.3) is 0 Å². The SMILES string of the molecule is Cc1ccc(C#N)c(CBr)c1S(=O)(=O)Cl. The van der Waals surface area contributed by atoms with Gasteiger partial charge in [0, 0.05) is 21.6 Å². The molecule has 0 aromatic heterocycles. The van der Waals surface area contributed by atoms with Gasteiger partial charge in [-0.05, 0) is 18.6 Å². The normalized spacial score (nSPS) is 11.1. The molecule has 0 aliphatic carbocycles. The molecule has 0 saturated carbocycles. The Morgan fingerprint density at radius 3 is 2.53 bits per heavy atom. The second-order valence-electron chi connectivity index (χ2n) is 2.92. The smallest absolute Gasteiger partial charge is 0.207 e. The molecule has 0 radical (unpaired) electrons. The van der Waals surface area contributed by atoms with Crippen molar-refractivity contribution in [3.8, 4) is 6.07 Å². The molecular formula is C9H7BrClNO2S. The number of hydrogen-bond acceptors (Lipinski definition) is 3. The molecule has 1 aromatic rings. The highest BCUT2D eigenvalue weighted by atomic mass is 79.9. The van der Waals surface area contributed by atoms with Crippen LogP contribution in [0.5, 0.6) is 0 Å². The Balaban J connectivity index is 3.71. The molecule has 0 N–H and O–H groups in total. The van der Waals surface area contributed by atoms with E-state index in [1.165, 1.54) is 0 Å². The molecule has 0 spiro atoms. The molecule has 6 heteroatoms. The lowest BCUT2D eigenvalue weighted by Gasteiger charge is -2.08. The van der Waals surface area contributed by atoms with Crippen LogP contribution in [0.15, 0.2) is 17.0 Å². The maximum Gasteiger partial charge on any atom is 0.261 e. The zero-order chi connectivity index (χ0) is 11.6. The summed E-state index contributed by atoms with van der Waals surface area (Å²) in [5.74, 6) is 0. The Morgan fingerprint density at radius 1 is 1.53 bits per heavy atom. The van der Waals surface area contributed by atoms with Crippen LogP contribution in [-0.2, 0) is 14.4 Å². The van der Waals surface area contributed by atoms with Crippen molar-refractivity contribution in [3.63, 3.8) is 0 Å². The maximum atomic E-state index is 11.3. The highest BCUT2D eigenvalue weighted by Crippen LogP contribution is 2.28. The molecule has 1 rings (SSSR count). The van der Waals surface area contributed by atoms with Crippen LogP contribution < -0.4 is 0 Å². The fourth-order valence-corrected chi connectivity index (χ4v) is 3.66. The van der Waals surface area contributed by atoms with Crippen molar-refractivity contribution in [1.29, 1.82) is 5.26 Å². The Bertz CT molecular complexity index is 534. The summed E-state index contributed by atoms with van der Waals surface area (Å²) < 4.78 is 22.7. The average Bonchev–Trinajstić information content (AvgIpc) is 2.15. The van der Waals surface area contributed by atoms with Gasteiger partial charge in [-0.3, -0.25) is 0 Å². The van der Waals surface area contributed by atoms with Crippen molar-refractivity contribution in [2.24, 2.45) is 0 Å². The second-order valence-corrected chi connectivity index (χ2v) is 5.98. The van der Waals surface area contributed by atoms with E-state index in [1.807, 2.05) is 6.07 Å². The van der Waals surface area contributed by atoms with Crippen LogP contribution in [0.2, 0.25) is 0 Å². The summed E-state index contributed by atoms with van der Waals surface area (Å²) in [6, 6.07) is 5.08. The molecule has 0 aliphatic rings. The Kier molecular flexibility index (Phi) is 3.77. The van der Waals surface area contributed by atoms with Gasteiger partial charge in [-0.25, -0.2) is 8.42 Å². The van der Waals surface area contributed by atoms with E-state index >= 15 is 0 Å². The van der Waals surface area contributed by atoms with Crippen molar-refractivity contribution in [2.75, 3.05) is 0 Å². The number of nitrogens with zero attached hydrogens (tertiary/aromatic N) is 1. The van der Waals surface area contributed by atoms with Gasteiger partial charge < -0.3 is 0 Å². The van der Waals surface area contributed by atoms with Crippen molar-refractivity contribution in [3.05, 3.63) is 28.8 Å². The number of halogens is 2. The lowest BCUT2D eigenvalue weighted by Crippen LogP contribution is -2.02. The standard InChI is InChI=1S/C9H7BrClNO2S/c1-6-2-3-7(5-12)8(4-10)9(6)15(11,13)14/h2-3H,4H2,1H3. The Labute approximate surface area is 101 Å². The van der Waals surface area contributed by atoms with Gasteiger partial charge in [0.15, 0.2) is 0 Å². The van der Waals surface area contributed by atoms with E-state index in [1.54, 1.807) is 19.1 Å². The van der Waals surface area contributed by atoms with Gasteiger partial charge >= 0.3 is 0 Å². The first kappa shape index (κ1) is 12.5. The predicted octanol–water partition coefficient (Wildman–Crippen LogP) is 2.69. The Morgan fingerprint density at radius 2 is 2.13 bits per heavy atom. The highest BCUT2D eigenvalue weighted by molar-refractivity contribution is 9.08. The molecule has 0 heterocycles. The topological polar surface area (TPSA) is 57.9 Å². The minimum absolute atomic E-state index is 0.0279. The average molecular weight is 309 g/mol. The zero-order valence-corrected chi connectivity index (χ0v) is 10.9. The molecule has 3 nitrogen and oxygen atoms in total. The van der Waals surface area contributed by atoms with Crippen molar-refractivity contribution in [2.45, 2.75) is 17.1 Å². The third-order valence-electron chi connectivity index (χ3n) is 1.96. The molecule has 0 atom stereocenters. The summed E-state index contributed by atoms with van der Waals surface area (Å²) in [5.41, 5.74) is 1.27. The molecule has 0 unspecified atom stereocenters. The van der Waals surface area contributed by atoms with Crippen LogP contribution in [0.1, 0.15) is 16.7 Å². The maximum absolute atomic E-state index is 11.3. The van der Waals surface area contributed by atoms with E-state index in [0.717, 1.165) is 0 Å². The first-order valence-electron chi connectivity index (χ1n) is 3.95. The van der Waals surface area contributed by atoms with E-state index in [0.29, 0.717) is 16.7 Å². The van der Waals surface area contributed by atoms with Gasteiger partial charge in [0.1, 0.15) is 0 Å². The summed E-state index contributed by atoms with van der Waals surface area (Å²) in [6.45, 7) is 1.64. The van der Waals surface area contributed by atoms with Crippen molar-refractivity contribution >= 4 is 35.7 Å². The molecule has 0 aliphatic heterocycles. The Hall–Kier alpha value is -0.570.